The summed E-state index contributed by atoms with van der Waals surface area (Å²) in [5.41, 5.74) is -3.02. The van der Waals surface area contributed by atoms with E-state index in [2.05, 4.69) is 16.0 Å². The largest absolute Gasteiger partial charge is 0.339 e. The number of hydrogen-bond donors (Lipinski definition) is 3. The van der Waals surface area contributed by atoms with E-state index < -0.39 is 54.8 Å². The first kappa shape index (κ1) is 18.9. The molecule has 3 N–H and O–H groups in total. The van der Waals surface area contributed by atoms with Crippen molar-refractivity contribution in [2.75, 3.05) is 0 Å². The average molecular weight is 342 g/mol. The maximum atomic E-state index is 12.2. The summed E-state index contributed by atoms with van der Waals surface area (Å²) < 4.78 is 1.81. The molecule has 0 radical (unpaired) electrons. The number of nitrogens with zero attached hydrogens (tertiary/aromatic N) is 3. The second kappa shape index (κ2) is 7.89. The quantitative estimate of drug-likeness (QED) is 0.486. The zero-order chi connectivity index (χ0) is 18.4. The molecule has 0 atom stereocenters. The molecule has 0 saturated carbocycles. The van der Waals surface area contributed by atoms with E-state index >= 15 is 0 Å². The van der Waals surface area contributed by atoms with E-state index in [1.807, 2.05) is 0 Å². The molecule has 12 heteroatoms. The second-order valence-corrected chi connectivity index (χ2v) is 4.81. The molecule has 0 saturated heterocycles. The molecular formula is C12H18N6O6. The third-order valence-electron chi connectivity index (χ3n) is 2.84. The van der Waals surface area contributed by atoms with E-state index in [0.717, 1.165) is 0 Å². The maximum absolute atomic E-state index is 12.2. The fourth-order valence-corrected chi connectivity index (χ4v) is 1.66. The smallest absolute Gasteiger partial charge is 0.338 e. The standard InChI is InChI=1S/C12H18N6O6/c1-7(19)13-4-16-10(22)17(5-14-8(2)20)12(24)18(11(16)23)6-15-9(3)21/h4-6H2,1-3H3,(H,13,19)(H,14,20)(H,15,21). The summed E-state index contributed by atoms with van der Waals surface area (Å²) in [5, 5.41) is 6.80. The van der Waals surface area contributed by atoms with Crippen molar-refractivity contribution < 1.29 is 14.4 Å². The number of hydrogen-bond acceptors (Lipinski definition) is 6. The third kappa shape index (κ3) is 4.66. The highest BCUT2D eigenvalue weighted by molar-refractivity contribution is 5.73. The Labute approximate surface area is 135 Å². The molecule has 0 aliphatic heterocycles. The number of carbonyl (C=O) groups is 3. The van der Waals surface area contributed by atoms with Crippen LogP contribution in [0.1, 0.15) is 20.8 Å². The van der Waals surface area contributed by atoms with E-state index in [1.54, 1.807) is 0 Å². The van der Waals surface area contributed by atoms with Crippen molar-refractivity contribution in [1.29, 1.82) is 0 Å². The lowest BCUT2D eigenvalue weighted by atomic mass is 10.6. The van der Waals surface area contributed by atoms with Crippen LogP contribution in [0.3, 0.4) is 0 Å². The van der Waals surface area contributed by atoms with Crippen molar-refractivity contribution in [2.24, 2.45) is 0 Å². The molecule has 132 valence electrons. The van der Waals surface area contributed by atoms with E-state index in [4.69, 9.17) is 0 Å². The molecule has 0 aliphatic carbocycles. The predicted molar refractivity (Wildman–Crippen MR) is 80.7 cm³/mol. The second-order valence-electron chi connectivity index (χ2n) is 4.81. The lowest BCUT2D eigenvalue weighted by Crippen LogP contribution is -2.58. The Hall–Kier alpha value is -3.18. The van der Waals surface area contributed by atoms with Gasteiger partial charge in [0.25, 0.3) is 0 Å². The molecule has 0 spiro atoms. The van der Waals surface area contributed by atoms with Gasteiger partial charge in [-0.05, 0) is 0 Å². The Morgan fingerprint density at radius 3 is 1.00 bits per heavy atom. The van der Waals surface area contributed by atoms with Gasteiger partial charge in [0.2, 0.25) is 17.7 Å². The molecule has 0 aromatic carbocycles. The lowest BCUT2D eigenvalue weighted by Gasteiger charge is -2.14. The average Bonchev–Trinajstić information content (AvgIpc) is 2.45. The van der Waals surface area contributed by atoms with Gasteiger partial charge in [0.15, 0.2) is 0 Å². The zero-order valence-corrected chi connectivity index (χ0v) is 13.4. The molecule has 24 heavy (non-hydrogen) atoms. The van der Waals surface area contributed by atoms with Crippen molar-refractivity contribution >= 4 is 17.7 Å². The molecule has 1 aromatic heterocycles. The molecule has 1 rings (SSSR count). The first-order chi connectivity index (χ1) is 11.1. The minimum absolute atomic E-state index is 0.465. The van der Waals surface area contributed by atoms with Crippen molar-refractivity contribution in [2.45, 2.75) is 40.8 Å². The van der Waals surface area contributed by atoms with Gasteiger partial charge in [0.05, 0.1) is 0 Å². The summed E-state index contributed by atoms with van der Waals surface area (Å²) in [6, 6.07) is 0. The lowest BCUT2D eigenvalue weighted by molar-refractivity contribution is -0.120. The molecule has 12 nitrogen and oxygen atoms in total. The van der Waals surface area contributed by atoms with E-state index in [0.29, 0.717) is 13.7 Å². The van der Waals surface area contributed by atoms with Crippen LogP contribution in [-0.2, 0) is 34.4 Å². The molecule has 1 heterocycles. The maximum Gasteiger partial charge on any atom is 0.339 e. The van der Waals surface area contributed by atoms with Crippen LogP contribution in [-0.4, -0.2) is 31.4 Å². The van der Waals surface area contributed by atoms with Gasteiger partial charge in [0.1, 0.15) is 20.0 Å². The SMILES string of the molecule is CC(=O)NCn1c(=O)n(CNC(C)=O)c(=O)n(CNC(C)=O)c1=O. The summed E-state index contributed by atoms with van der Waals surface area (Å²) in [6.45, 7) is 2.17. The predicted octanol–water partition coefficient (Wildman–Crippen LogP) is -3.55. The highest BCUT2D eigenvalue weighted by Gasteiger charge is 2.15. The Bertz CT molecular complexity index is 692. The van der Waals surface area contributed by atoms with Gasteiger partial charge in [-0.1, -0.05) is 0 Å². The van der Waals surface area contributed by atoms with Crippen molar-refractivity contribution in [3.05, 3.63) is 31.5 Å². The number of amides is 3. The minimum Gasteiger partial charge on any atom is -0.338 e. The monoisotopic (exact) mass is 342 g/mol. The summed E-state index contributed by atoms with van der Waals surface area (Å²) in [5.74, 6) is -1.47. The van der Waals surface area contributed by atoms with Gasteiger partial charge in [-0.2, -0.15) is 0 Å². The summed E-state index contributed by atoms with van der Waals surface area (Å²) >= 11 is 0. The topological polar surface area (TPSA) is 153 Å². The zero-order valence-electron chi connectivity index (χ0n) is 13.4. The van der Waals surface area contributed by atoms with Crippen LogP contribution < -0.4 is 33.0 Å². The molecule has 0 fully saturated rings. The van der Waals surface area contributed by atoms with Gasteiger partial charge in [-0.25, -0.2) is 28.1 Å². The molecular weight excluding hydrogens is 324 g/mol. The van der Waals surface area contributed by atoms with Crippen LogP contribution in [0.2, 0.25) is 0 Å². The normalized spacial score (nSPS) is 10.1. The third-order valence-corrected chi connectivity index (χ3v) is 2.84. The molecule has 0 unspecified atom stereocenters. The van der Waals surface area contributed by atoms with Crippen LogP contribution in [0, 0.1) is 0 Å². The highest BCUT2D eigenvalue weighted by Crippen LogP contribution is 1.75. The Balaban J connectivity index is 3.45. The van der Waals surface area contributed by atoms with Gasteiger partial charge >= 0.3 is 17.1 Å². The van der Waals surface area contributed by atoms with Crippen LogP contribution in [0.15, 0.2) is 14.4 Å². The Morgan fingerprint density at radius 1 is 0.625 bits per heavy atom. The van der Waals surface area contributed by atoms with Gasteiger partial charge in [-0.3, -0.25) is 14.4 Å². The van der Waals surface area contributed by atoms with Crippen molar-refractivity contribution in [3.63, 3.8) is 0 Å². The van der Waals surface area contributed by atoms with Gasteiger partial charge < -0.3 is 16.0 Å². The molecule has 3 amide bonds. The molecule has 1 aromatic rings. The molecule has 0 aliphatic rings. The minimum atomic E-state index is -1.01. The first-order valence-electron chi connectivity index (χ1n) is 6.83. The summed E-state index contributed by atoms with van der Waals surface area (Å²) in [7, 11) is 0. The number of carbonyl (C=O) groups excluding carboxylic acids is 3. The van der Waals surface area contributed by atoms with E-state index in [1.165, 1.54) is 20.8 Å². The Kier molecular flexibility index (Phi) is 6.21. The fourth-order valence-electron chi connectivity index (χ4n) is 1.66. The van der Waals surface area contributed by atoms with Crippen LogP contribution in [0.4, 0.5) is 0 Å². The fraction of sp³-hybridized carbons (Fsp3) is 0.500. The first-order valence-corrected chi connectivity index (χ1v) is 6.83. The summed E-state index contributed by atoms with van der Waals surface area (Å²) in [6.07, 6.45) is 0. The van der Waals surface area contributed by atoms with Gasteiger partial charge in [-0.15, -0.1) is 0 Å². The Morgan fingerprint density at radius 2 is 0.833 bits per heavy atom. The van der Waals surface area contributed by atoms with Gasteiger partial charge in [0, 0.05) is 20.8 Å². The highest BCUT2D eigenvalue weighted by atomic mass is 16.2. The van der Waals surface area contributed by atoms with Crippen molar-refractivity contribution in [3.8, 4) is 0 Å². The number of nitrogens with one attached hydrogen (secondary N) is 3. The summed E-state index contributed by atoms with van der Waals surface area (Å²) in [4.78, 5) is 69.7. The van der Waals surface area contributed by atoms with E-state index in [-0.39, 0.29) is 0 Å². The van der Waals surface area contributed by atoms with Crippen LogP contribution >= 0.6 is 0 Å². The molecule has 0 bridgehead atoms. The number of rotatable bonds is 6. The van der Waals surface area contributed by atoms with Crippen LogP contribution in [0.5, 0.6) is 0 Å². The van der Waals surface area contributed by atoms with Crippen LogP contribution in [0.25, 0.3) is 0 Å². The van der Waals surface area contributed by atoms with Crippen molar-refractivity contribution in [1.82, 2.24) is 29.7 Å². The number of aromatic nitrogens is 3. The van der Waals surface area contributed by atoms with E-state index in [9.17, 15) is 28.8 Å².